The molecule has 0 N–H and O–H groups in total. The van der Waals surface area contributed by atoms with E-state index in [1.165, 1.54) is 47.7 Å². The van der Waals surface area contributed by atoms with E-state index in [4.69, 9.17) is 16.3 Å². The molecule has 1 saturated heterocycles. The molecular weight excluding hydrogens is 540 g/mol. The predicted molar refractivity (Wildman–Crippen MR) is 144 cm³/mol. The lowest BCUT2D eigenvalue weighted by Crippen LogP contribution is -2.52. The van der Waals surface area contributed by atoms with E-state index < -0.39 is 47.9 Å². The van der Waals surface area contributed by atoms with Gasteiger partial charge in [-0.15, -0.1) is 11.3 Å². The van der Waals surface area contributed by atoms with Gasteiger partial charge in [0, 0.05) is 5.56 Å². The number of ketones is 1. The maximum atomic E-state index is 13.7. The van der Waals surface area contributed by atoms with Crippen LogP contribution < -0.4 is 4.74 Å². The molecule has 5 rings (SSSR count). The summed E-state index contributed by atoms with van der Waals surface area (Å²) in [6, 6.07) is 15.5. The predicted octanol–water partition coefficient (Wildman–Crippen LogP) is 5.28. The molecule has 1 aliphatic heterocycles. The van der Waals surface area contributed by atoms with Crippen LogP contribution in [0.25, 0.3) is 0 Å². The van der Waals surface area contributed by atoms with Crippen LogP contribution in [0.1, 0.15) is 56.6 Å². The fourth-order valence-electron chi connectivity index (χ4n) is 5.11. The summed E-state index contributed by atoms with van der Waals surface area (Å²) in [6.45, 7) is 1.49. The Hall–Kier alpha value is -3.82. The van der Waals surface area contributed by atoms with Crippen LogP contribution in [0.3, 0.4) is 0 Å². The first-order chi connectivity index (χ1) is 18.7. The molecule has 1 aromatic heterocycles. The second kappa shape index (κ2) is 11.1. The third-order valence-electron chi connectivity index (χ3n) is 7.15. The van der Waals surface area contributed by atoms with E-state index in [2.05, 4.69) is 0 Å². The maximum Gasteiger partial charge on any atom is 0.353 e. The van der Waals surface area contributed by atoms with Crippen LogP contribution in [0.2, 0.25) is 5.02 Å². The van der Waals surface area contributed by atoms with E-state index in [0.29, 0.717) is 17.7 Å². The number of benzene rings is 2. The Bertz CT molecular complexity index is 1440. The number of Topliss-reactive ketones (excluding diaryl/α,β-unsaturated/α-hetero) is 1. The number of carbonyl (C=O) groups is 5. The van der Waals surface area contributed by atoms with Crippen molar-refractivity contribution in [3.8, 4) is 5.75 Å². The Kier molecular flexibility index (Phi) is 7.63. The number of halogens is 1. The number of thiophene rings is 1. The molecule has 3 aromatic rings. The average molecular weight is 565 g/mol. The lowest BCUT2D eigenvalue weighted by molar-refractivity contribution is -0.154. The number of rotatable bonds is 7. The molecule has 0 spiro atoms. The van der Waals surface area contributed by atoms with Crippen LogP contribution in [0.5, 0.6) is 5.75 Å². The van der Waals surface area contributed by atoms with E-state index in [1.54, 1.807) is 29.6 Å². The molecule has 10 heteroatoms. The molecule has 1 saturated carbocycles. The monoisotopic (exact) mass is 564 g/mol. The zero-order chi connectivity index (χ0) is 27.7. The number of imide groups is 1. The molecule has 2 aromatic carbocycles. The van der Waals surface area contributed by atoms with E-state index in [1.807, 2.05) is 6.92 Å². The molecule has 2 heterocycles. The van der Waals surface area contributed by atoms with Gasteiger partial charge >= 0.3 is 5.97 Å². The number of nitrogens with zero attached hydrogens (tertiary/aromatic N) is 2. The molecule has 1 aliphatic carbocycles. The summed E-state index contributed by atoms with van der Waals surface area (Å²) in [6.07, 6.45) is 1.93. The number of carbonyl (C=O) groups excluding carboxylic acids is 5. The summed E-state index contributed by atoms with van der Waals surface area (Å²) in [4.78, 5) is 66.5. The minimum absolute atomic E-state index is 0.0756. The lowest BCUT2D eigenvalue weighted by atomic mass is 9.76. The molecule has 8 nitrogen and oxygen atoms in total. The number of amides is 3. The van der Waals surface area contributed by atoms with Crippen molar-refractivity contribution in [3.63, 3.8) is 0 Å². The van der Waals surface area contributed by atoms with Crippen molar-refractivity contribution in [2.45, 2.75) is 26.2 Å². The van der Waals surface area contributed by atoms with Crippen LogP contribution >= 0.6 is 22.9 Å². The van der Waals surface area contributed by atoms with Gasteiger partial charge in [-0.25, -0.2) is 9.80 Å². The van der Waals surface area contributed by atoms with Crippen molar-refractivity contribution >= 4 is 52.4 Å². The highest BCUT2D eigenvalue weighted by molar-refractivity contribution is 7.12. The highest BCUT2D eigenvalue weighted by Crippen LogP contribution is 2.41. The van der Waals surface area contributed by atoms with Crippen LogP contribution in [-0.4, -0.2) is 46.0 Å². The Morgan fingerprint density at radius 3 is 2.38 bits per heavy atom. The fraction of sp³-hybridized carbons (Fsp3) is 0.276. The highest BCUT2D eigenvalue weighted by Gasteiger charge is 2.53. The van der Waals surface area contributed by atoms with Gasteiger partial charge in [0.2, 0.25) is 0 Å². The number of hydrogen-bond donors (Lipinski definition) is 0. The SMILES string of the molecule is C[C@@H]1CC[C@H]2C(=O)N(N(CC(=O)c3ccc(OC(=O)c4cccs4)cc3)C(=O)c3ccccc3Cl)C(=O)[C@H]2C1. The topological polar surface area (TPSA) is 101 Å². The number of ether oxygens (including phenoxy) is 1. The molecule has 0 radical (unpaired) electrons. The summed E-state index contributed by atoms with van der Waals surface area (Å²) < 4.78 is 5.34. The standard InChI is InChI=1S/C29H25ClN2O6S/c1-17-8-13-20-22(15-17)28(36)32(27(20)35)31(26(34)21-5-2-3-6-23(21)30)16-24(33)18-9-11-19(12-10-18)38-29(37)25-7-4-14-39-25/h2-7,9-12,14,17,20,22H,8,13,15-16H2,1H3/t17-,20-,22+/m1/s1. The maximum absolute atomic E-state index is 13.7. The first kappa shape index (κ1) is 26.8. The Morgan fingerprint density at radius 2 is 1.69 bits per heavy atom. The largest absolute Gasteiger partial charge is 0.422 e. The van der Waals surface area contributed by atoms with Crippen molar-refractivity contribution in [2.75, 3.05) is 6.54 Å². The van der Waals surface area contributed by atoms with Crippen LogP contribution in [0, 0.1) is 17.8 Å². The summed E-state index contributed by atoms with van der Waals surface area (Å²) >= 11 is 7.52. The minimum Gasteiger partial charge on any atom is -0.422 e. The summed E-state index contributed by atoms with van der Waals surface area (Å²) in [7, 11) is 0. The van der Waals surface area contributed by atoms with Crippen LogP contribution in [0.4, 0.5) is 0 Å². The van der Waals surface area contributed by atoms with Gasteiger partial charge in [0.15, 0.2) is 5.78 Å². The second-order valence-electron chi connectivity index (χ2n) is 9.78. The third kappa shape index (κ3) is 5.37. The molecule has 2 aliphatic rings. The molecule has 2 fully saturated rings. The Balaban J connectivity index is 1.40. The average Bonchev–Trinajstić information content (AvgIpc) is 3.55. The molecule has 200 valence electrons. The number of fused-ring (bicyclic) bond motifs is 1. The van der Waals surface area contributed by atoms with Crippen molar-refractivity contribution in [3.05, 3.63) is 87.1 Å². The highest BCUT2D eigenvalue weighted by atomic mass is 35.5. The Morgan fingerprint density at radius 1 is 0.974 bits per heavy atom. The summed E-state index contributed by atoms with van der Waals surface area (Å²) in [5.41, 5.74) is 0.291. The number of hydrazine groups is 1. The van der Waals surface area contributed by atoms with Gasteiger partial charge < -0.3 is 4.74 Å². The van der Waals surface area contributed by atoms with Gasteiger partial charge in [-0.2, -0.15) is 5.01 Å². The second-order valence-corrected chi connectivity index (χ2v) is 11.1. The van der Waals surface area contributed by atoms with Crippen molar-refractivity contribution < 1.29 is 28.7 Å². The van der Waals surface area contributed by atoms with Crippen molar-refractivity contribution in [2.24, 2.45) is 17.8 Å². The summed E-state index contributed by atoms with van der Waals surface area (Å²) in [5.74, 6) is -3.18. The van der Waals surface area contributed by atoms with Crippen LogP contribution in [-0.2, 0) is 9.59 Å². The minimum atomic E-state index is -0.719. The lowest BCUT2D eigenvalue weighted by Gasteiger charge is -2.30. The molecule has 3 atom stereocenters. The van der Waals surface area contributed by atoms with E-state index >= 15 is 0 Å². The van der Waals surface area contributed by atoms with Crippen molar-refractivity contribution in [1.82, 2.24) is 10.0 Å². The van der Waals surface area contributed by atoms with E-state index in [0.717, 1.165) is 16.4 Å². The van der Waals surface area contributed by atoms with E-state index in [-0.39, 0.29) is 27.8 Å². The number of esters is 1. The zero-order valence-corrected chi connectivity index (χ0v) is 22.6. The molecule has 0 unspecified atom stereocenters. The summed E-state index contributed by atoms with van der Waals surface area (Å²) in [5, 5.41) is 3.68. The fourth-order valence-corrected chi connectivity index (χ4v) is 5.92. The molecule has 39 heavy (non-hydrogen) atoms. The quantitative estimate of drug-likeness (QED) is 0.167. The smallest absolute Gasteiger partial charge is 0.353 e. The Labute approximate surface area is 234 Å². The first-order valence-electron chi connectivity index (χ1n) is 12.6. The van der Waals surface area contributed by atoms with Crippen LogP contribution in [0.15, 0.2) is 66.0 Å². The normalized spacial score (nSPS) is 20.5. The third-order valence-corrected chi connectivity index (χ3v) is 8.33. The zero-order valence-electron chi connectivity index (χ0n) is 21.0. The number of hydrogen-bond acceptors (Lipinski definition) is 7. The van der Waals surface area contributed by atoms with Crippen molar-refractivity contribution in [1.29, 1.82) is 0 Å². The molecular formula is C29H25ClN2O6S. The van der Waals surface area contributed by atoms with E-state index in [9.17, 15) is 24.0 Å². The first-order valence-corrected chi connectivity index (χ1v) is 13.8. The molecule has 0 bridgehead atoms. The van der Waals surface area contributed by atoms with Gasteiger partial charge in [0.1, 0.15) is 17.2 Å². The van der Waals surface area contributed by atoms with Gasteiger partial charge in [0.05, 0.1) is 22.4 Å². The van der Waals surface area contributed by atoms with Gasteiger partial charge in [0.25, 0.3) is 17.7 Å². The van der Waals surface area contributed by atoms with Gasteiger partial charge in [-0.05, 0) is 73.0 Å². The van der Waals surface area contributed by atoms with Gasteiger partial charge in [-0.1, -0.05) is 36.7 Å². The van der Waals surface area contributed by atoms with Gasteiger partial charge in [-0.3, -0.25) is 19.2 Å². The molecule has 3 amide bonds.